The molecule has 0 atom stereocenters. The maximum Gasteiger partial charge on any atom is 0.243 e. The first-order valence-electron chi connectivity index (χ1n) is 10.0. The number of carbonyl (C=O) groups is 1. The van der Waals surface area contributed by atoms with E-state index in [9.17, 15) is 13.2 Å². The van der Waals surface area contributed by atoms with Crippen LogP contribution < -0.4 is 14.4 Å². The van der Waals surface area contributed by atoms with Gasteiger partial charge in [0.25, 0.3) is 0 Å². The first-order valence-corrected chi connectivity index (χ1v) is 11.9. The molecule has 0 aliphatic heterocycles. The number of anilines is 1. The van der Waals surface area contributed by atoms with E-state index >= 15 is 0 Å². The summed E-state index contributed by atoms with van der Waals surface area (Å²) in [7, 11) is 0.528. The highest BCUT2D eigenvalue weighted by Crippen LogP contribution is 2.29. The van der Waals surface area contributed by atoms with Gasteiger partial charge < -0.3 is 14.4 Å². The van der Waals surface area contributed by atoms with Gasteiger partial charge in [-0.1, -0.05) is 48.0 Å². The lowest BCUT2D eigenvalue weighted by atomic mass is 10.2. The Morgan fingerprint density at radius 3 is 2.30 bits per heavy atom. The lowest BCUT2D eigenvalue weighted by molar-refractivity contribution is -0.118. The molecule has 1 amide bonds. The minimum absolute atomic E-state index is 0.0184. The molecule has 7 nitrogen and oxygen atoms in total. The van der Waals surface area contributed by atoms with Crippen molar-refractivity contribution < 1.29 is 22.7 Å². The number of hydrogen-bond donors (Lipinski definition) is 0. The molecule has 0 saturated carbocycles. The van der Waals surface area contributed by atoms with Crippen LogP contribution in [-0.2, 0) is 21.4 Å². The van der Waals surface area contributed by atoms with Crippen LogP contribution in [0.1, 0.15) is 5.56 Å². The summed E-state index contributed by atoms with van der Waals surface area (Å²) >= 11 is 6.17. The molecule has 0 unspecified atom stereocenters. The molecule has 0 spiro atoms. The predicted molar refractivity (Wildman–Crippen MR) is 128 cm³/mol. The zero-order chi connectivity index (χ0) is 24.0. The molecule has 3 aromatic carbocycles. The Hall–Kier alpha value is -3.07. The number of benzene rings is 3. The molecule has 0 bridgehead atoms. The van der Waals surface area contributed by atoms with Crippen LogP contribution in [0.25, 0.3) is 0 Å². The normalized spacial score (nSPS) is 11.3. The Balaban J connectivity index is 1.93. The molecule has 174 valence electrons. The van der Waals surface area contributed by atoms with Gasteiger partial charge in [-0.3, -0.25) is 4.79 Å². The lowest BCUT2D eigenvalue weighted by Gasteiger charge is -2.25. The smallest absolute Gasteiger partial charge is 0.243 e. The van der Waals surface area contributed by atoms with Crippen LogP contribution in [0.3, 0.4) is 0 Å². The van der Waals surface area contributed by atoms with E-state index in [-0.39, 0.29) is 23.0 Å². The fraction of sp³-hybridized carbons (Fsp3) is 0.208. The Morgan fingerprint density at radius 2 is 1.67 bits per heavy atom. The molecular formula is C24H25ClN2O5S. The third-order valence-corrected chi connectivity index (χ3v) is 7.17. The molecule has 0 N–H and O–H groups in total. The number of ether oxygens (including phenoxy) is 2. The standard InChI is InChI=1S/C24H25ClN2O5S/c1-26(19-10-7-11-20(14-19)31-2)24(28)17-27(16-18-8-5-4-6-9-18)33(29,30)21-12-13-23(32-3)22(25)15-21/h4-15H,16-17H2,1-3H3. The average molecular weight is 489 g/mol. The Morgan fingerprint density at radius 1 is 0.939 bits per heavy atom. The summed E-state index contributed by atoms with van der Waals surface area (Å²) in [6.45, 7) is -0.348. The number of rotatable bonds is 9. The zero-order valence-corrected chi connectivity index (χ0v) is 20.1. The van der Waals surface area contributed by atoms with Crippen molar-refractivity contribution in [3.05, 3.63) is 83.4 Å². The second kappa shape index (κ2) is 10.7. The average Bonchev–Trinajstić information content (AvgIpc) is 2.83. The van der Waals surface area contributed by atoms with Gasteiger partial charge in [0, 0.05) is 25.3 Å². The first kappa shape index (κ1) is 24.6. The molecule has 0 fully saturated rings. The van der Waals surface area contributed by atoms with Gasteiger partial charge in [0.05, 0.1) is 30.7 Å². The number of methoxy groups -OCH3 is 2. The predicted octanol–water partition coefficient (Wildman–Crippen LogP) is 4.21. The van der Waals surface area contributed by atoms with Gasteiger partial charge in [-0.25, -0.2) is 8.42 Å². The Bertz CT molecular complexity index is 1220. The minimum atomic E-state index is -4.05. The highest BCUT2D eigenvalue weighted by atomic mass is 35.5. The third kappa shape index (κ3) is 5.84. The fourth-order valence-electron chi connectivity index (χ4n) is 3.19. The molecule has 0 heterocycles. The minimum Gasteiger partial charge on any atom is -0.497 e. The molecule has 9 heteroatoms. The van der Waals surface area contributed by atoms with E-state index in [0.717, 1.165) is 9.87 Å². The van der Waals surface area contributed by atoms with Crippen LogP contribution >= 0.6 is 11.6 Å². The van der Waals surface area contributed by atoms with Gasteiger partial charge in [0.15, 0.2) is 0 Å². The van der Waals surface area contributed by atoms with Crippen molar-refractivity contribution in [1.82, 2.24) is 4.31 Å². The molecule has 0 aliphatic rings. The number of carbonyl (C=O) groups excluding carboxylic acids is 1. The largest absolute Gasteiger partial charge is 0.497 e. The second-order valence-corrected chi connectivity index (χ2v) is 9.55. The number of sulfonamides is 1. The summed E-state index contributed by atoms with van der Waals surface area (Å²) in [5, 5.41) is 0.165. The van der Waals surface area contributed by atoms with Crippen LogP contribution in [0, 0.1) is 0 Å². The molecule has 3 rings (SSSR count). The van der Waals surface area contributed by atoms with Crippen molar-refractivity contribution in [2.45, 2.75) is 11.4 Å². The van der Waals surface area contributed by atoms with Gasteiger partial charge in [0.1, 0.15) is 11.5 Å². The first-order chi connectivity index (χ1) is 15.8. The van der Waals surface area contributed by atoms with Crippen molar-refractivity contribution in [2.24, 2.45) is 0 Å². The highest BCUT2D eigenvalue weighted by Gasteiger charge is 2.29. The summed E-state index contributed by atoms with van der Waals surface area (Å²) in [6.07, 6.45) is 0. The van der Waals surface area contributed by atoms with Crippen LogP contribution in [0.15, 0.2) is 77.7 Å². The SMILES string of the molecule is COc1cccc(N(C)C(=O)CN(Cc2ccccc2)S(=O)(=O)c2ccc(OC)c(Cl)c2)c1. The lowest BCUT2D eigenvalue weighted by Crippen LogP contribution is -2.41. The molecular weight excluding hydrogens is 464 g/mol. The van der Waals surface area contributed by atoms with Crippen LogP contribution in [0.4, 0.5) is 5.69 Å². The van der Waals surface area contributed by atoms with Gasteiger partial charge >= 0.3 is 0 Å². The molecule has 0 radical (unpaired) electrons. The number of amides is 1. The van der Waals surface area contributed by atoms with Crippen molar-refractivity contribution in [1.29, 1.82) is 0 Å². The maximum atomic E-state index is 13.5. The second-order valence-electron chi connectivity index (χ2n) is 7.21. The van der Waals surface area contributed by atoms with Crippen LogP contribution in [0.2, 0.25) is 5.02 Å². The fourth-order valence-corrected chi connectivity index (χ4v) is 4.92. The van der Waals surface area contributed by atoms with Crippen molar-refractivity contribution in [2.75, 3.05) is 32.7 Å². The topological polar surface area (TPSA) is 76.2 Å². The number of halogens is 1. The van der Waals surface area contributed by atoms with E-state index < -0.39 is 15.9 Å². The summed E-state index contributed by atoms with van der Waals surface area (Å²) in [4.78, 5) is 14.5. The molecule has 0 saturated heterocycles. The molecule has 0 aliphatic carbocycles. The number of likely N-dealkylation sites (N-methyl/N-ethyl adjacent to an activating group) is 1. The quantitative estimate of drug-likeness (QED) is 0.451. The van der Waals surface area contributed by atoms with E-state index in [4.69, 9.17) is 21.1 Å². The molecule has 33 heavy (non-hydrogen) atoms. The summed E-state index contributed by atoms with van der Waals surface area (Å²) < 4.78 is 38.5. The highest BCUT2D eigenvalue weighted by molar-refractivity contribution is 7.89. The summed E-state index contributed by atoms with van der Waals surface area (Å²) in [6, 6.07) is 20.3. The van der Waals surface area contributed by atoms with Crippen LogP contribution in [0.5, 0.6) is 11.5 Å². The third-order valence-electron chi connectivity index (χ3n) is 5.09. The van der Waals surface area contributed by atoms with E-state index in [1.54, 1.807) is 43.4 Å². The van der Waals surface area contributed by atoms with E-state index in [0.29, 0.717) is 17.2 Å². The van der Waals surface area contributed by atoms with E-state index in [1.165, 1.54) is 37.3 Å². The van der Waals surface area contributed by atoms with E-state index in [2.05, 4.69) is 0 Å². The summed E-state index contributed by atoms with van der Waals surface area (Å²) in [5.41, 5.74) is 1.33. The number of nitrogens with zero attached hydrogens (tertiary/aromatic N) is 2. The van der Waals surface area contributed by atoms with Crippen LogP contribution in [-0.4, -0.2) is 46.4 Å². The van der Waals surface area contributed by atoms with Crippen molar-refractivity contribution in [3.8, 4) is 11.5 Å². The zero-order valence-electron chi connectivity index (χ0n) is 18.6. The molecule has 3 aromatic rings. The van der Waals surface area contributed by atoms with Gasteiger partial charge in [-0.15, -0.1) is 0 Å². The summed E-state index contributed by atoms with van der Waals surface area (Å²) in [5.74, 6) is 0.551. The maximum absolute atomic E-state index is 13.5. The number of hydrogen-bond acceptors (Lipinski definition) is 5. The van der Waals surface area contributed by atoms with Gasteiger partial charge in [-0.2, -0.15) is 4.31 Å². The molecule has 0 aromatic heterocycles. The Labute approximate surface area is 199 Å². The van der Waals surface area contributed by atoms with Gasteiger partial charge in [-0.05, 0) is 35.9 Å². The van der Waals surface area contributed by atoms with Crippen molar-refractivity contribution >= 4 is 33.2 Å². The van der Waals surface area contributed by atoms with E-state index in [1.807, 2.05) is 18.2 Å². The van der Waals surface area contributed by atoms with Crippen molar-refractivity contribution in [3.63, 3.8) is 0 Å². The monoisotopic (exact) mass is 488 g/mol. The Kier molecular flexibility index (Phi) is 7.97. The van der Waals surface area contributed by atoms with Gasteiger partial charge in [0.2, 0.25) is 15.9 Å².